The number of rotatable bonds is 4. The predicted octanol–water partition coefficient (Wildman–Crippen LogP) is 2.98. The van der Waals surface area contributed by atoms with E-state index in [2.05, 4.69) is 0 Å². The highest BCUT2D eigenvalue weighted by Crippen LogP contribution is 2.20. The third-order valence-electron chi connectivity index (χ3n) is 4.32. The maximum Gasteiger partial charge on any atom is 0.239 e. The smallest absolute Gasteiger partial charge is 0.239 e. The molecule has 0 radical (unpaired) electrons. The van der Waals surface area contributed by atoms with Crippen LogP contribution in [0.2, 0.25) is 0 Å². The molecule has 3 rings (SSSR count). The van der Waals surface area contributed by atoms with Crippen LogP contribution in [-0.4, -0.2) is 29.9 Å². The van der Waals surface area contributed by atoms with Crippen LogP contribution in [0.25, 0.3) is 11.1 Å². The topological polar surface area (TPSA) is 46.3 Å². The number of amides is 1. The van der Waals surface area contributed by atoms with Crippen molar-refractivity contribution in [1.29, 1.82) is 0 Å². The summed E-state index contributed by atoms with van der Waals surface area (Å²) < 4.78 is 13.0. The molecule has 23 heavy (non-hydrogen) atoms. The van der Waals surface area contributed by atoms with E-state index >= 15 is 0 Å². The molecule has 1 amide bonds. The first-order valence-corrected chi connectivity index (χ1v) is 8.03. The van der Waals surface area contributed by atoms with E-state index in [9.17, 15) is 9.18 Å². The first-order chi connectivity index (χ1) is 11.1. The summed E-state index contributed by atoms with van der Waals surface area (Å²) in [5.41, 5.74) is 9.09. The Hall–Kier alpha value is -2.20. The van der Waals surface area contributed by atoms with Crippen molar-refractivity contribution >= 4 is 5.91 Å². The standard InChI is InChI=1S/C19H21FN2O/c20-17-9-7-16(8-10-17)15-5-3-14(4-6-15)13-18(21)19(23)22-11-1-2-12-22/h3-10,18H,1-2,11-13,21H2/t18-/m0/s1. The van der Waals surface area contributed by atoms with Crippen molar-refractivity contribution < 1.29 is 9.18 Å². The molecule has 1 heterocycles. The Morgan fingerprint density at radius 3 is 2.09 bits per heavy atom. The van der Waals surface area contributed by atoms with Gasteiger partial charge in [-0.15, -0.1) is 0 Å². The van der Waals surface area contributed by atoms with Crippen LogP contribution in [0.3, 0.4) is 0 Å². The lowest BCUT2D eigenvalue weighted by Gasteiger charge is -2.20. The Bertz CT molecular complexity index is 661. The van der Waals surface area contributed by atoms with Gasteiger partial charge < -0.3 is 10.6 Å². The van der Waals surface area contributed by atoms with Crippen molar-refractivity contribution in [3.8, 4) is 11.1 Å². The zero-order chi connectivity index (χ0) is 16.2. The summed E-state index contributed by atoms with van der Waals surface area (Å²) in [6.45, 7) is 1.66. The fourth-order valence-corrected chi connectivity index (χ4v) is 2.99. The van der Waals surface area contributed by atoms with Crippen LogP contribution in [-0.2, 0) is 11.2 Å². The lowest BCUT2D eigenvalue weighted by atomic mass is 10.0. The molecule has 0 spiro atoms. The molecule has 4 heteroatoms. The summed E-state index contributed by atoms with van der Waals surface area (Å²) in [7, 11) is 0. The summed E-state index contributed by atoms with van der Waals surface area (Å²) >= 11 is 0. The second-order valence-electron chi connectivity index (χ2n) is 6.05. The highest BCUT2D eigenvalue weighted by atomic mass is 19.1. The highest BCUT2D eigenvalue weighted by molar-refractivity contribution is 5.82. The third-order valence-corrected chi connectivity index (χ3v) is 4.32. The maximum absolute atomic E-state index is 13.0. The average molecular weight is 312 g/mol. The molecule has 0 aliphatic carbocycles. The quantitative estimate of drug-likeness (QED) is 0.943. The SMILES string of the molecule is N[C@@H](Cc1ccc(-c2ccc(F)cc2)cc1)C(=O)N1CCCC1. The van der Waals surface area contributed by atoms with Gasteiger partial charge in [0.05, 0.1) is 6.04 Å². The minimum atomic E-state index is -0.482. The summed E-state index contributed by atoms with van der Waals surface area (Å²) in [6, 6.07) is 13.9. The van der Waals surface area contributed by atoms with E-state index < -0.39 is 6.04 Å². The van der Waals surface area contributed by atoms with Crippen molar-refractivity contribution in [2.45, 2.75) is 25.3 Å². The van der Waals surface area contributed by atoms with E-state index in [0.717, 1.165) is 42.6 Å². The Kier molecular flexibility index (Phi) is 4.72. The number of nitrogens with zero attached hydrogens (tertiary/aromatic N) is 1. The molecule has 1 atom stereocenters. The van der Waals surface area contributed by atoms with Crippen molar-refractivity contribution in [2.24, 2.45) is 5.73 Å². The number of carbonyl (C=O) groups excluding carboxylic acids is 1. The molecule has 0 saturated carbocycles. The zero-order valence-corrected chi connectivity index (χ0v) is 13.0. The molecule has 1 saturated heterocycles. The van der Waals surface area contributed by atoms with Crippen LogP contribution in [0.5, 0.6) is 0 Å². The zero-order valence-electron chi connectivity index (χ0n) is 13.0. The lowest BCUT2D eigenvalue weighted by Crippen LogP contribution is -2.43. The second kappa shape index (κ2) is 6.92. The Morgan fingerprint density at radius 1 is 1.00 bits per heavy atom. The van der Waals surface area contributed by atoms with Gasteiger partial charge in [0, 0.05) is 13.1 Å². The Labute approximate surface area is 135 Å². The largest absolute Gasteiger partial charge is 0.341 e. The van der Waals surface area contributed by atoms with Crippen LogP contribution in [0.1, 0.15) is 18.4 Å². The van der Waals surface area contributed by atoms with Crippen LogP contribution in [0.4, 0.5) is 4.39 Å². The summed E-state index contributed by atoms with van der Waals surface area (Å²) in [6.07, 6.45) is 2.69. The summed E-state index contributed by atoms with van der Waals surface area (Å²) in [4.78, 5) is 14.1. The first kappa shape index (κ1) is 15.7. The number of hydrogen-bond acceptors (Lipinski definition) is 2. The number of benzene rings is 2. The minimum absolute atomic E-state index is 0.0464. The molecular formula is C19H21FN2O. The highest BCUT2D eigenvalue weighted by Gasteiger charge is 2.23. The molecule has 0 bridgehead atoms. The van der Waals surface area contributed by atoms with Crippen molar-refractivity contribution in [3.05, 3.63) is 59.9 Å². The normalized spacial score (nSPS) is 15.7. The van der Waals surface area contributed by atoms with Gasteiger partial charge in [0.15, 0.2) is 0 Å². The van der Waals surface area contributed by atoms with E-state index in [4.69, 9.17) is 5.73 Å². The van der Waals surface area contributed by atoms with Gasteiger partial charge >= 0.3 is 0 Å². The molecule has 120 valence electrons. The van der Waals surface area contributed by atoms with Gasteiger partial charge in [-0.05, 0) is 48.1 Å². The molecule has 2 N–H and O–H groups in total. The van der Waals surface area contributed by atoms with E-state index in [1.165, 1.54) is 12.1 Å². The number of nitrogens with two attached hydrogens (primary N) is 1. The molecule has 1 fully saturated rings. The van der Waals surface area contributed by atoms with Gasteiger partial charge in [-0.1, -0.05) is 36.4 Å². The lowest BCUT2D eigenvalue weighted by molar-refractivity contribution is -0.131. The molecule has 2 aromatic rings. The van der Waals surface area contributed by atoms with Gasteiger partial charge in [0.1, 0.15) is 5.82 Å². The van der Waals surface area contributed by atoms with Gasteiger partial charge in [-0.2, -0.15) is 0 Å². The molecule has 1 aliphatic heterocycles. The van der Waals surface area contributed by atoms with Crippen LogP contribution < -0.4 is 5.73 Å². The van der Waals surface area contributed by atoms with E-state index in [1.807, 2.05) is 29.2 Å². The monoisotopic (exact) mass is 312 g/mol. The minimum Gasteiger partial charge on any atom is -0.341 e. The molecule has 2 aromatic carbocycles. The van der Waals surface area contributed by atoms with Crippen molar-refractivity contribution in [3.63, 3.8) is 0 Å². The van der Waals surface area contributed by atoms with Crippen LogP contribution in [0.15, 0.2) is 48.5 Å². The van der Waals surface area contributed by atoms with Gasteiger partial charge in [0.2, 0.25) is 5.91 Å². The molecule has 1 aliphatic rings. The number of carbonyl (C=O) groups is 1. The van der Waals surface area contributed by atoms with Crippen LogP contribution in [0, 0.1) is 5.82 Å². The molecule has 0 aromatic heterocycles. The Morgan fingerprint density at radius 2 is 1.52 bits per heavy atom. The molecule has 0 unspecified atom stereocenters. The average Bonchev–Trinajstić information content (AvgIpc) is 3.10. The van der Waals surface area contributed by atoms with Gasteiger partial charge in [-0.25, -0.2) is 4.39 Å². The third kappa shape index (κ3) is 3.77. The number of likely N-dealkylation sites (tertiary alicyclic amines) is 1. The van der Waals surface area contributed by atoms with Crippen molar-refractivity contribution in [1.82, 2.24) is 4.90 Å². The van der Waals surface area contributed by atoms with Crippen molar-refractivity contribution in [2.75, 3.05) is 13.1 Å². The van der Waals surface area contributed by atoms with E-state index in [1.54, 1.807) is 12.1 Å². The summed E-state index contributed by atoms with van der Waals surface area (Å²) in [5, 5.41) is 0. The van der Waals surface area contributed by atoms with E-state index in [-0.39, 0.29) is 11.7 Å². The molecular weight excluding hydrogens is 291 g/mol. The van der Waals surface area contributed by atoms with Gasteiger partial charge in [-0.3, -0.25) is 4.79 Å². The fourth-order valence-electron chi connectivity index (χ4n) is 2.99. The van der Waals surface area contributed by atoms with Gasteiger partial charge in [0.25, 0.3) is 0 Å². The molecule has 3 nitrogen and oxygen atoms in total. The van der Waals surface area contributed by atoms with Crippen LogP contribution >= 0.6 is 0 Å². The second-order valence-corrected chi connectivity index (χ2v) is 6.05. The first-order valence-electron chi connectivity index (χ1n) is 8.03. The predicted molar refractivity (Wildman–Crippen MR) is 89.3 cm³/mol. The Balaban J connectivity index is 1.65. The number of hydrogen-bond donors (Lipinski definition) is 1. The number of halogens is 1. The maximum atomic E-state index is 13.0. The fraction of sp³-hybridized carbons (Fsp3) is 0.316. The van der Waals surface area contributed by atoms with E-state index in [0.29, 0.717) is 6.42 Å². The summed E-state index contributed by atoms with van der Waals surface area (Å²) in [5.74, 6) is -0.193.